The van der Waals surface area contributed by atoms with Gasteiger partial charge in [-0.05, 0) is 115 Å². The second-order valence-electron chi connectivity index (χ2n) is 10.4. The number of nitrogens with one attached hydrogen (secondary N) is 2. The van der Waals surface area contributed by atoms with Crippen molar-refractivity contribution < 1.29 is 35.5 Å². The molecule has 0 spiro atoms. The predicted octanol–water partition coefficient (Wildman–Crippen LogP) is 5.69. The second kappa shape index (κ2) is 12.7. The molecule has 47 heavy (non-hydrogen) atoms. The number of hydrogen-bond donors (Lipinski definition) is 5. The van der Waals surface area contributed by atoms with Crippen LogP contribution in [0.1, 0.15) is 37.4 Å². The molecule has 1 aliphatic carbocycles. The number of nitrogens with two attached hydrogens (primary N) is 1. The summed E-state index contributed by atoms with van der Waals surface area (Å²) in [5, 5.41) is 15.2. The first-order valence-electron chi connectivity index (χ1n) is 13.6. The van der Waals surface area contributed by atoms with Gasteiger partial charge in [0.1, 0.15) is 4.91 Å². The van der Waals surface area contributed by atoms with Gasteiger partial charge in [-0.1, -0.05) is 0 Å². The van der Waals surface area contributed by atoms with Crippen LogP contribution >= 0.6 is 0 Å². The molecule has 16 heteroatoms. The van der Waals surface area contributed by atoms with Crippen molar-refractivity contribution in [2.24, 2.45) is 15.3 Å². The zero-order valence-corrected chi connectivity index (χ0v) is 26.3. The normalized spacial score (nSPS) is 14.2. The standard InChI is InChI=1S/C31H26N6O8S2/c1-17-13-22(33-31(39)19-3-5-21(32)6-4-19)8-11-26(17)35-34-23-7-10-25-20(15-23)16-28(47(43,44)45)29(30(25)38)37-36-27-12-9-24(14-18(27)2)46(40,41)42/h3-16,36H,32H2,1-2H3,(H,33,39)(H,40,41,42)(H,43,44,45)/b35-34?,37-29-. The van der Waals surface area contributed by atoms with Crippen LogP contribution in [0.5, 0.6) is 0 Å². The van der Waals surface area contributed by atoms with Crippen molar-refractivity contribution in [3.8, 4) is 0 Å². The van der Waals surface area contributed by atoms with E-state index in [-0.39, 0.29) is 33.3 Å². The molecule has 5 rings (SSSR count). The SMILES string of the molecule is Cc1cc(NC(=O)c2ccc(N)cc2)ccc1N=Nc1ccc2c(c1)C=C(S(=O)(=O)O)/C(=N/Nc1ccc(S(=O)(=O)O)cc1C)C2=O. The highest BCUT2D eigenvalue weighted by Gasteiger charge is 2.33. The third kappa shape index (κ3) is 7.47. The van der Waals surface area contributed by atoms with E-state index in [1.165, 1.54) is 31.2 Å². The van der Waals surface area contributed by atoms with Crippen LogP contribution in [0, 0.1) is 13.8 Å². The Morgan fingerprint density at radius 1 is 0.809 bits per heavy atom. The van der Waals surface area contributed by atoms with E-state index < -0.39 is 36.6 Å². The van der Waals surface area contributed by atoms with Gasteiger partial charge in [-0.2, -0.15) is 32.2 Å². The number of carbonyl (C=O) groups is 2. The van der Waals surface area contributed by atoms with Crippen molar-refractivity contribution in [1.29, 1.82) is 0 Å². The highest BCUT2D eigenvalue weighted by atomic mass is 32.2. The number of Topliss-reactive ketones (excluding diaryl/α,β-unsaturated/α-hetero) is 1. The Morgan fingerprint density at radius 2 is 1.53 bits per heavy atom. The topological polar surface area (TPSA) is 230 Å². The summed E-state index contributed by atoms with van der Waals surface area (Å²) >= 11 is 0. The van der Waals surface area contributed by atoms with Gasteiger partial charge in [-0.15, -0.1) is 0 Å². The van der Waals surface area contributed by atoms with Crippen LogP contribution in [-0.2, 0) is 20.2 Å². The third-order valence-corrected chi connectivity index (χ3v) is 8.69. The molecule has 1 amide bonds. The summed E-state index contributed by atoms with van der Waals surface area (Å²) in [7, 11) is -9.39. The lowest BCUT2D eigenvalue weighted by molar-refractivity contribution is 0.102. The molecule has 0 atom stereocenters. The van der Waals surface area contributed by atoms with Crippen molar-refractivity contribution in [3.63, 3.8) is 0 Å². The maximum absolute atomic E-state index is 13.3. The van der Waals surface area contributed by atoms with E-state index in [4.69, 9.17) is 5.73 Å². The van der Waals surface area contributed by atoms with E-state index in [9.17, 15) is 35.5 Å². The Kier molecular flexibility index (Phi) is 8.86. The molecule has 6 N–H and O–H groups in total. The van der Waals surface area contributed by atoms with Gasteiger partial charge in [-0.3, -0.25) is 24.1 Å². The number of aryl methyl sites for hydroxylation is 2. The van der Waals surface area contributed by atoms with Gasteiger partial charge in [0.2, 0.25) is 5.78 Å². The maximum Gasteiger partial charge on any atom is 0.296 e. The summed E-state index contributed by atoms with van der Waals surface area (Å²) in [5.41, 5.74) is 11.3. The Hall–Kier alpha value is -5.55. The number of hydrogen-bond acceptors (Lipinski definition) is 11. The fourth-order valence-electron chi connectivity index (χ4n) is 4.52. The zero-order valence-electron chi connectivity index (χ0n) is 24.7. The highest BCUT2D eigenvalue weighted by Crippen LogP contribution is 2.31. The molecular weight excluding hydrogens is 649 g/mol. The first-order valence-corrected chi connectivity index (χ1v) is 16.5. The molecule has 0 saturated carbocycles. The van der Waals surface area contributed by atoms with Gasteiger partial charge < -0.3 is 11.1 Å². The lowest BCUT2D eigenvalue weighted by Crippen LogP contribution is -2.27. The fourth-order valence-corrected chi connectivity index (χ4v) is 5.75. The first-order chi connectivity index (χ1) is 22.1. The Labute approximate surface area is 269 Å². The molecule has 1 aliphatic rings. The molecule has 4 aromatic rings. The average molecular weight is 675 g/mol. The number of nitrogen functional groups attached to an aromatic ring is 1. The monoisotopic (exact) mass is 674 g/mol. The molecule has 0 aliphatic heterocycles. The van der Waals surface area contributed by atoms with Crippen molar-refractivity contribution in [1.82, 2.24) is 0 Å². The number of ketones is 1. The van der Waals surface area contributed by atoms with Crippen molar-refractivity contribution in [2.45, 2.75) is 18.7 Å². The largest absolute Gasteiger partial charge is 0.399 e. The number of benzene rings is 4. The number of anilines is 3. The van der Waals surface area contributed by atoms with Gasteiger partial charge in [0.25, 0.3) is 26.1 Å². The Bertz CT molecular complexity index is 2260. The summed E-state index contributed by atoms with van der Waals surface area (Å²) in [4.78, 5) is 24.7. The number of fused-ring (bicyclic) bond motifs is 1. The van der Waals surface area contributed by atoms with E-state index in [1.54, 1.807) is 49.4 Å². The number of rotatable bonds is 8. The smallest absolute Gasteiger partial charge is 0.296 e. The number of azo groups is 1. The van der Waals surface area contributed by atoms with Crippen LogP contribution in [0.2, 0.25) is 0 Å². The number of carbonyl (C=O) groups excluding carboxylic acids is 2. The van der Waals surface area contributed by atoms with Crippen LogP contribution < -0.4 is 16.5 Å². The van der Waals surface area contributed by atoms with E-state index in [1.807, 2.05) is 0 Å². The van der Waals surface area contributed by atoms with Crippen LogP contribution in [0.15, 0.2) is 104 Å². The first kappa shape index (κ1) is 32.8. The van der Waals surface area contributed by atoms with Gasteiger partial charge in [0, 0.05) is 22.5 Å². The summed E-state index contributed by atoms with van der Waals surface area (Å²) in [5.74, 6) is -1.13. The summed E-state index contributed by atoms with van der Waals surface area (Å²) in [6, 6.07) is 19.4. The molecule has 240 valence electrons. The number of amides is 1. The van der Waals surface area contributed by atoms with Crippen LogP contribution in [-0.4, -0.2) is 43.3 Å². The molecule has 14 nitrogen and oxygen atoms in total. The molecule has 0 aromatic heterocycles. The van der Waals surface area contributed by atoms with Crippen LogP contribution in [0.3, 0.4) is 0 Å². The van der Waals surface area contributed by atoms with Gasteiger partial charge >= 0.3 is 0 Å². The molecule has 0 saturated heterocycles. The fraction of sp³-hybridized carbons (Fsp3) is 0.0645. The van der Waals surface area contributed by atoms with E-state index in [0.29, 0.717) is 33.8 Å². The van der Waals surface area contributed by atoms with Crippen molar-refractivity contribution >= 4 is 72.2 Å². The third-order valence-electron chi connectivity index (χ3n) is 6.98. The lowest BCUT2D eigenvalue weighted by Gasteiger charge is -2.17. The number of nitrogens with zero attached hydrogens (tertiary/aromatic N) is 3. The van der Waals surface area contributed by atoms with Crippen molar-refractivity contribution in [2.75, 3.05) is 16.5 Å². The quantitative estimate of drug-likeness (QED) is 0.0663. The molecular formula is C31H26N6O8S2. The molecule has 0 bridgehead atoms. The minimum atomic E-state index is -4.93. The number of hydrazone groups is 1. The van der Waals surface area contributed by atoms with Gasteiger partial charge in [-0.25, -0.2) is 0 Å². The van der Waals surface area contributed by atoms with E-state index >= 15 is 0 Å². The lowest BCUT2D eigenvalue weighted by atomic mass is 9.94. The maximum atomic E-state index is 13.3. The molecule has 0 radical (unpaired) electrons. The van der Waals surface area contributed by atoms with Crippen molar-refractivity contribution in [3.05, 3.63) is 112 Å². The summed E-state index contributed by atoms with van der Waals surface area (Å²) < 4.78 is 66.5. The highest BCUT2D eigenvalue weighted by molar-refractivity contribution is 7.91. The molecule has 4 aromatic carbocycles. The Balaban J connectivity index is 1.37. The van der Waals surface area contributed by atoms with Gasteiger partial charge in [0.15, 0.2) is 5.71 Å². The summed E-state index contributed by atoms with van der Waals surface area (Å²) in [6.45, 7) is 3.28. The van der Waals surface area contributed by atoms with E-state index in [0.717, 1.165) is 18.2 Å². The predicted molar refractivity (Wildman–Crippen MR) is 177 cm³/mol. The second-order valence-corrected chi connectivity index (χ2v) is 13.2. The molecule has 0 heterocycles. The minimum absolute atomic E-state index is 0.0766. The van der Waals surface area contributed by atoms with Crippen LogP contribution in [0.25, 0.3) is 6.08 Å². The van der Waals surface area contributed by atoms with Gasteiger partial charge in [0.05, 0.1) is 22.0 Å². The minimum Gasteiger partial charge on any atom is -0.399 e. The molecule has 0 unspecified atom stereocenters. The molecule has 0 fully saturated rings. The summed E-state index contributed by atoms with van der Waals surface area (Å²) in [6.07, 6.45) is 1.07. The van der Waals surface area contributed by atoms with E-state index in [2.05, 4.69) is 26.1 Å². The Morgan fingerprint density at radius 3 is 2.17 bits per heavy atom. The number of allylic oxidation sites excluding steroid dienone is 1. The average Bonchev–Trinajstić information content (AvgIpc) is 3.00. The zero-order chi connectivity index (χ0) is 34.1. The van der Waals surface area contributed by atoms with Crippen LogP contribution in [0.4, 0.5) is 28.4 Å².